The van der Waals surface area contributed by atoms with Crippen LogP contribution in [0.4, 0.5) is 5.69 Å². The average molecular weight is 424 g/mol. The molecule has 0 spiro atoms. The first-order valence-corrected chi connectivity index (χ1v) is 10.9. The molecule has 0 N–H and O–H groups in total. The number of amides is 2. The summed E-state index contributed by atoms with van der Waals surface area (Å²) < 4.78 is 38.1. The molecule has 3 rings (SSSR count). The van der Waals surface area contributed by atoms with Crippen LogP contribution in [0, 0.1) is 5.92 Å². The lowest BCUT2D eigenvalue weighted by atomic mass is 10.0. The molecule has 0 aromatic heterocycles. The zero-order chi connectivity index (χ0) is 21.2. The Morgan fingerprint density at radius 2 is 1.90 bits per heavy atom. The third-order valence-corrected chi connectivity index (χ3v) is 6.97. The molecular weight excluding hydrogens is 400 g/mol. The summed E-state index contributed by atoms with van der Waals surface area (Å²) in [7, 11) is -2.68. The van der Waals surface area contributed by atoms with E-state index >= 15 is 0 Å². The summed E-state index contributed by atoms with van der Waals surface area (Å²) in [5.74, 6) is -1.59. The minimum atomic E-state index is -4.02. The summed E-state index contributed by atoms with van der Waals surface area (Å²) in [6.45, 7) is 2.20. The largest absolute Gasteiger partial charge is 0.495 e. The smallest absolute Gasteiger partial charge is 0.310 e. The van der Waals surface area contributed by atoms with Crippen molar-refractivity contribution in [3.05, 3.63) is 18.2 Å². The summed E-state index contributed by atoms with van der Waals surface area (Å²) in [4.78, 5) is 37.0. The highest BCUT2D eigenvalue weighted by molar-refractivity contribution is 7.89. The van der Waals surface area contributed by atoms with Crippen LogP contribution in [0.1, 0.15) is 32.6 Å². The number of rotatable bonds is 6. The molecule has 10 heteroatoms. The van der Waals surface area contributed by atoms with Gasteiger partial charge in [-0.1, -0.05) is 0 Å². The molecule has 0 radical (unpaired) electrons. The van der Waals surface area contributed by atoms with E-state index in [1.807, 2.05) is 0 Å². The zero-order valence-electron chi connectivity index (χ0n) is 16.4. The Balaban J connectivity index is 1.95. The third-order valence-electron chi connectivity index (χ3n) is 5.08. The van der Waals surface area contributed by atoms with Gasteiger partial charge in [-0.05, 0) is 38.0 Å². The van der Waals surface area contributed by atoms with Gasteiger partial charge in [-0.3, -0.25) is 19.3 Å². The molecule has 158 valence electrons. The number of anilines is 1. The van der Waals surface area contributed by atoms with Crippen molar-refractivity contribution in [1.82, 2.24) is 4.31 Å². The molecule has 0 bridgehead atoms. The number of sulfonamides is 1. The maximum Gasteiger partial charge on any atom is 0.310 e. The number of carbonyl (C=O) groups excluding carboxylic acids is 3. The van der Waals surface area contributed by atoms with Gasteiger partial charge in [0.1, 0.15) is 10.6 Å². The van der Waals surface area contributed by atoms with Crippen LogP contribution in [0.15, 0.2) is 23.1 Å². The fourth-order valence-electron chi connectivity index (χ4n) is 3.62. The molecule has 29 heavy (non-hydrogen) atoms. The Morgan fingerprint density at radius 1 is 1.21 bits per heavy atom. The van der Waals surface area contributed by atoms with Crippen molar-refractivity contribution in [2.45, 2.75) is 37.5 Å². The number of ether oxygens (including phenoxy) is 2. The van der Waals surface area contributed by atoms with Crippen LogP contribution in [-0.2, 0) is 29.1 Å². The summed E-state index contributed by atoms with van der Waals surface area (Å²) in [6.07, 6.45) is 1.27. The number of nitrogens with zero attached hydrogens (tertiary/aromatic N) is 2. The lowest BCUT2D eigenvalue weighted by Gasteiger charge is -2.31. The van der Waals surface area contributed by atoms with Crippen LogP contribution in [0.5, 0.6) is 5.75 Å². The molecule has 0 saturated carbocycles. The van der Waals surface area contributed by atoms with Gasteiger partial charge in [-0.25, -0.2) is 8.42 Å². The minimum absolute atomic E-state index is 0.0100. The molecule has 1 atom stereocenters. The summed E-state index contributed by atoms with van der Waals surface area (Å²) in [5.41, 5.74) is 0.191. The average Bonchev–Trinajstić information content (AvgIpc) is 3.06. The van der Waals surface area contributed by atoms with E-state index in [-0.39, 0.29) is 60.7 Å². The van der Waals surface area contributed by atoms with Crippen molar-refractivity contribution in [2.24, 2.45) is 5.92 Å². The second-order valence-electron chi connectivity index (χ2n) is 6.91. The second-order valence-corrected chi connectivity index (χ2v) is 8.82. The number of methoxy groups -OCH3 is 1. The molecule has 2 heterocycles. The number of carbonyl (C=O) groups is 3. The van der Waals surface area contributed by atoms with Crippen LogP contribution in [0.2, 0.25) is 0 Å². The van der Waals surface area contributed by atoms with Gasteiger partial charge < -0.3 is 9.47 Å². The van der Waals surface area contributed by atoms with E-state index in [2.05, 4.69) is 0 Å². The van der Waals surface area contributed by atoms with Crippen molar-refractivity contribution in [1.29, 1.82) is 0 Å². The fraction of sp³-hybridized carbons (Fsp3) is 0.526. The number of benzene rings is 1. The molecule has 2 amide bonds. The van der Waals surface area contributed by atoms with Gasteiger partial charge in [0, 0.05) is 25.9 Å². The van der Waals surface area contributed by atoms with Crippen LogP contribution in [0.25, 0.3) is 0 Å². The van der Waals surface area contributed by atoms with Gasteiger partial charge in [0.25, 0.3) is 0 Å². The summed E-state index contributed by atoms with van der Waals surface area (Å²) in [5, 5.41) is 0. The van der Waals surface area contributed by atoms with E-state index in [0.717, 1.165) is 4.90 Å². The fourth-order valence-corrected chi connectivity index (χ4v) is 5.32. The summed E-state index contributed by atoms with van der Waals surface area (Å²) >= 11 is 0. The van der Waals surface area contributed by atoms with E-state index < -0.39 is 21.9 Å². The van der Waals surface area contributed by atoms with Gasteiger partial charge in [-0.15, -0.1) is 0 Å². The van der Waals surface area contributed by atoms with Crippen LogP contribution < -0.4 is 9.64 Å². The van der Waals surface area contributed by atoms with Gasteiger partial charge in [0.2, 0.25) is 21.8 Å². The molecule has 0 aliphatic carbocycles. The van der Waals surface area contributed by atoms with Crippen LogP contribution in [0.3, 0.4) is 0 Å². The van der Waals surface area contributed by atoms with Crippen molar-refractivity contribution in [3.63, 3.8) is 0 Å². The van der Waals surface area contributed by atoms with Crippen molar-refractivity contribution in [3.8, 4) is 5.75 Å². The van der Waals surface area contributed by atoms with Gasteiger partial charge >= 0.3 is 5.97 Å². The van der Waals surface area contributed by atoms with Gasteiger partial charge in [0.15, 0.2) is 0 Å². The number of hydrogen-bond donors (Lipinski definition) is 0. The quantitative estimate of drug-likeness (QED) is 0.500. The first-order valence-electron chi connectivity index (χ1n) is 9.50. The SMILES string of the molecule is CCOC(=O)[C@@H]1CCCN(S(=O)(=O)c2cc(N3C(=O)CCC3=O)ccc2OC)C1. The second kappa shape index (κ2) is 8.50. The van der Waals surface area contributed by atoms with E-state index in [1.165, 1.54) is 29.6 Å². The highest BCUT2D eigenvalue weighted by Gasteiger charge is 2.37. The first-order chi connectivity index (χ1) is 13.8. The monoisotopic (exact) mass is 424 g/mol. The standard InChI is InChI=1S/C19H24N2O7S/c1-3-28-19(24)13-5-4-10-20(12-13)29(25,26)16-11-14(6-7-15(16)27-2)21-17(22)8-9-18(21)23/h6-7,11,13H,3-5,8-10,12H2,1-2H3/t13-/m1/s1. The van der Waals surface area contributed by atoms with Crippen molar-refractivity contribution >= 4 is 33.5 Å². The Kier molecular flexibility index (Phi) is 6.23. The molecule has 9 nitrogen and oxygen atoms in total. The molecule has 1 aromatic rings. The van der Waals surface area contributed by atoms with E-state index in [1.54, 1.807) is 6.92 Å². The highest BCUT2D eigenvalue weighted by atomic mass is 32.2. The molecule has 2 saturated heterocycles. The molecule has 1 aromatic carbocycles. The predicted molar refractivity (Wildman–Crippen MR) is 103 cm³/mol. The Hall–Kier alpha value is -2.46. The van der Waals surface area contributed by atoms with E-state index in [9.17, 15) is 22.8 Å². The maximum absolute atomic E-state index is 13.3. The predicted octanol–water partition coefficient (Wildman–Crippen LogP) is 1.31. The van der Waals surface area contributed by atoms with E-state index in [0.29, 0.717) is 12.8 Å². The summed E-state index contributed by atoms with van der Waals surface area (Å²) in [6, 6.07) is 4.19. The topological polar surface area (TPSA) is 110 Å². The minimum Gasteiger partial charge on any atom is -0.495 e. The zero-order valence-corrected chi connectivity index (χ0v) is 17.2. The van der Waals surface area contributed by atoms with Crippen molar-refractivity contribution < 1.29 is 32.3 Å². The van der Waals surface area contributed by atoms with E-state index in [4.69, 9.17) is 9.47 Å². The molecule has 2 aliphatic rings. The Morgan fingerprint density at radius 3 is 2.52 bits per heavy atom. The Labute approximate surface area is 169 Å². The lowest BCUT2D eigenvalue weighted by Crippen LogP contribution is -2.42. The van der Waals surface area contributed by atoms with Crippen molar-refractivity contribution in [2.75, 3.05) is 31.7 Å². The molecule has 0 unspecified atom stereocenters. The van der Waals surface area contributed by atoms with Gasteiger partial charge in [0.05, 0.1) is 25.3 Å². The Bertz CT molecular complexity index is 912. The number of esters is 1. The first kappa shape index (κ1) is 21.3. The normalized spacial score (nSPS) is 20.8. The van der Waals surface area contributed by atoms with Gasteiger partial charge in [-0.2, -0.15) is 4.31 Å². The number of piperidine rings is 1. The number of imide groups is 1. The molecule has 2 fully saturated rings. The maximum atomic E-state index is 13.3. The number of hydrogen-bond acceptors (Lipinski definition) is 7. The van der Waals surface area contributed by atoms with Crippen LogP contribution >= 0.6 is 0 Å². The third kappa shape index (κ3) is 4.13. The highest BCUT2D eigenvalue weighted by Crippen LogP contribution is 2.34. The molecular formula is C19H24N2O7S. The lowest BCUT2D eigenvalue weighted by molar-refractivity contribution is -0.149. The molecule has 2 aliphatic heterocycles. The van der Waals surface area contributed by atoms with Crippen LogP contribution in [-0.4, -0.2) is 57.3 Å².